The highest BCUT2D eigenvalue weighted by atomic mass is 32.1. The van der Waals surface area contributed by atoms with Crippen LogP contribution in [0.25, 0.3) is 0 Å². The first-order valence-corrected chi connectivity index (χ1v) is 8.10. The predicted octanol–water partition coefficient (Wildman–Crippen LogP) is 3.92. The molecule has 2 nitrogen and oxygen atoms in total. The van der Waals surface area contributed by atoms with Crippen molar-refractivity contribution in [3.8, 4) is 0 Å². The van der Waals surface area contributed by atoms with Gasteiger partial charge < -0.3 is 10.1 Å². The molecule has 0 bridgehead atoms. The zero-order valence-electron chi connectivity index (χ0n) is 11.6. The first-order chi connectivity index (χ1) is 8.85. The molecule has 1 aliphatic heterocycles. The molecule has 0 aliphatic carbocycles. The maximum atomic E-state index is 5.98. The van der Waals surface area contributed by atoms with E-state index in [1.54, 1.807) is 0 Å². The molecule has 102 valence electrons. The number of aryl methyl sites for hydroxylation is 1. The summed E-state index contributed by atoms with van der Waals surface area (Å²) in [6, 6.07) is 4.95. The van der Waals surface area contributed by atoms with Crippen LogP contribution in [0.15, 0.2) is 12.1 Å². The van der Waals surface area contributed by atoms with E-state index in [0.717, 1.165) is 19.6 Å². The molecule has 2 heterocycles. The summed E-state index contributed by atoms with van der Waals surface area (Å²) in [7, 11) is 0. The van der Waals surface area contributed by atoms with Gasteiger partial charge in [-0.05, 0) is 50.8 Å². The highest BCUT2D eigenvalue weighted by molar-refractivity contribution is 7.12. The van der Waals surface area contributed by atoms with Crippen LogP contribution in [-0.2, 0) is 11.2 Å². The second-order valence-electron chi connectivity index (χ2n) is 4.99. The van der Waals surface area contributed by atoms with Gasteiger partial charge in [0.1, 0.15) is 0 Å². The van der Waals surface area contributed by atoms with E-state index in [4.69, 9.17) is 4.74 Å². The van der Waals surface area contributed by atoms with Gasteiger partial charge in [0, 0.05) is 16.4 Å². The van der Waals surface area contributed by atoms with E-state index >= 15 is 0 Å². The lowest BCUT2D eigenvalue weighted by molar-refractivity contribution is -0.00740. The third-order valence-corrected chi connectivity index (χ3v) is 4.85. The molecule has 0 aromatic carbocycles. The van der Waals surface area contributed by atoms with Crippen LogP contribution in [0.5, 0.6) is 0 Å². The van der Waals surface area contributed by atoms with Gasteiger partial charge in [0.2, 0.25) is 0 Å². The van der Waals surface area contributed by atoms with Crippen molar-refractivity contribution >= 4 is 11.3 Å². The second-order valence-corrected chi connectivity index (χ2v) is 6.19. The van der Waals surface area contributed by atoms with Crippen LogP contribution in [-0.4, -0.2) is 19.3 Å². The fourth-order valence-corrected chi connectivity index (χ4v) is 3.58. The number of thiophene rings is 1. The minimum Gasteiger partial charge on any atom is -0.376 e. The maximum Gasteiger partial charge on any atom is 0.0777 e. The van der Waals surface area contributed by atoms with Gasteiger partial charge in [0.15, 0.2) is 0 Å². The second kappa shape index (κ2) is 7.27. The Morgan fingerprint density at radius 1 is 1.39 bits per heavy atom. The average Bonchev–Trinajstić information content (AvgIpc) is 2.89. The zero-order valence-corrected chi connectivity index (χ0v) is 12.4. The average molecular weight is 267 g/mol. The molecule has 1 N–H and O–H groups in total. The van der Waals surface area contributed by atoms with Gasteiger partial charge in [-0.3, -0.25) is 0 Å². The molecule has 0 saturated carbocycles. The van der Waals surface area contributed by atoms with E-state index in [-0.39, 0.29) is 0 Å². The Bertz CT molecular complexity index is 344. The third-order valence-electron chi connectivity index (χ3n) is 3.54. The van der Waals surface area contributed by atoms with E-state index in [9.17, 15) is 0 Å². The van der Waals surface area contributed by atoms with Crippen LogP contribution in [0, 0.1) is 0 Å². The van der Waals surface area contributed by atoms with Gasteiger partial charge in [0.05, 0.1) is 12.1 Å². The zero-order chi connectivity index (χ0) is 12.8. The van der Waals surface area contributed by atoms with E-state index < -0.39 is 0 Å². The molecular weight excluding hydrogens is 242 g/mol. The molecule has 0 spiro atoms. The molecule has 1 aromatic rings. The van der Waals surface area contributed by atoms with E-state index in [1.807, 2.05) is 11.3 Å². The number of hydrogen-bond acceptors (Lipinski definition) is 3. The first-order valence-electron chi connectivity index (χ1n) is 7.28. The van der Waals surface area contributed by atoms with Crippen molar-refractivity contribution in [1.82, 2.24) is 5.32 Å². The van der Waals surface area contributed by atoms with Crippen molar-refractivity contribution < 1.29 is 4.74 Å². The number of rotatable bonds is 6. The maximum absolute atomic E-state index is 5.98. The molecule has 2 rings (SSSR count). The lowest BCUT2D eigenvalue weighted by Gasteiger charge is -2.30. The molecule has 1 aromatic heterocycles. The van der Waals surface area contributed by atoms with E-state index in [0.29, 0.717) is 12.1 Å². The summed E-state index contributed by atoms with van der Waals surface area (Å²) in [5.41, 5.74) is 0. The molecule has 18 heavy (non-hydrogen) atoms. The van der Waals surface area contributed by atoms with Gasteiger partial charge in [-0.25, -0.2) is 0 Å². The van der Waals surface area contributed by atoms with Gasteiger partial charge in [-0.2, -0.15) is 0 Å². The van der Waals surface area contributed by atoms with Crippen molar-refractivity contribution in [3.05, 3.63) is 21.9 Å². The molecule has 2 atom stereocenters. The largest absolute Gasteiger partial charge is 0.376 e. The van der Waals surface area contributed by atoms with Crippen molar-refractivity contribution in [2.75, 3.05) is 13.2 Å². The summed E-state index contributed by atoms with van der Waals surface area (Å²) in [6.07, 6.45) is 6.41. The SMILES string of the molecule is CCCNC(c1ccc(CC)s1)C1CCCCO1. The molecule has 2 unspecified atom stereocenters. The quantitative estimate of drug-likeness (QED) is 0.843. The van der Waals surface area contributed by atoms with Crippen molar-refractivity contribution in [1.29, 1.82) is 0 Å². The Morgan fingerprint density at radius 2 is 2.28 bits per heavy atom. The fourth-order valence-electron chi connectivity index (χ4n) is 2.50. The van der Waals surface area contributed by atoms with Crippen LogP contribution in [0.2, 0.25) is 0 Å². The molecule has 0 amide bonds. The standard InChI is InChI=1S/C15H25NOS/c1-3-10-16-15(13-7-5-6-11-17-13)14-9-8-12(4-2)18-14/h8-9,13,15-16H,3-7,10-11H2,1-2H3. The highest BCUT2D eigenvalue weighted by Gasteiger charge is 2.26. The van der Waals surface area contributed by atoms with Gasteiger partial charge in [0.25, 0.3) is 0 Å². The van der Waals surface area contributed by atoms with Crippen LogP contribution in [0.1, 0.15) is 55.3 Å². The Morgan fingerprint density at radius 3 is 2.89 bits per heavy atom. The predicted molar refractivity (Wildman–Crippen MR) is 78.3 cm³/mol. The van der Waals surface area contributed by atoms with E-state index in [1.165, 1.54) is 35.4 Å². The Labute approximate surface area is 115 Å². The number of nitrogens with one attached hydrogen (secondary N) is 1. The minimum atomic E-state index is 0.369. The Balaban J connectivity index is 2.07. The highest BCUT2D eigenvalue weighted by Crippen LogP contribution is 2.31. The summed E-state index contributed by atoms with van der Waals surface area (Å²) in [5, 5.41) is 3.68. The van der Waals surface area contributed by atoms with E-state index in [2.05, 4.69) is 31.3 Å². The summed E-state index contributed by atoms with van der Waals surface area (Å²) in [5.74, 6) is 0. The van der Waals surface area contributed by atoms with Crippen LogP contribution >= 0.6 is 11.3 Å². The van der Waals surface area contributed by atoms with Crippen molar-refractivity contribution in [2.24, 2.45) is 0 Å². The molecule has 1 saturated heterocycles. The normalized spacial score (nSPS) is 22.0. The van der Waals surface area contributed by atoms with Crippen LogP contribution < -0.4 is 5.32 Å². The van der Waals surface area contributed by atoms with Gasteiger partial charge in [-0.15, -0.1) is 11.3 Å². The Kier molecular flexibility index (Phi) is 5.67. The van der Waals surface area contributed by atoms with Crippen molar-refractivity contribution in [2.45, 2.75) is 58.1 Å². The summed E-state index contributed by atoms with van der Waals surface area (Å²) >= 11 is 1.94. The topological polar surface area (TPSA) is 21.3 Å². The minimum absolute atomic E-state index is 0.369. The van der Waals surface area contributed by atoms with Crippen LogP contribution in [0.4, 0.5) is 0 Å². The van der Waals surface area contributed by atoms with Gasteiger partial charge in [-0.1, -0.05) is 13.8 Å². The molecule has 1 fully saturated rings. The summed E-state index contributed by atoms with van der Waals surface area (Å²) < 4.78 is 5.98. The smallest absolute Gasteiger partial charge is 0.0777 e. The first kappa shape index (κ1) is 14.0. The number of hydrogen-bond donors (Lipinski definition) is 1. The van der Waals surface area contributed by atoms with Gasteiger partial charge >= 0.3 is 0 Å². The monoisotopic (exact) mass is 267 g/mol. The summed E-state index contributed by atoms with van der Waals surface area (Å²) in [6.45, 7) is 6.45. The molecule has 0 radical (unpaired) electrons. The molecule has 3 heteroatoms. The Hall–Kier alpha value is -0.380. The lowest BCUT2D eigenvalue weighted by atomic mass is 10.0. The third kappa shape index (κ3) is 3.56. The fraction of sp³-hybridized carbons (Fsp3) is 0.733. The van der Waals surface area contributed by atoms with Crippen LogP contribution in [0.3, 0.4) is 0 Å². The number of ether oxygens (including phenoxy) is 1. The summed E-state index contributed by atoms with van der Waals surface area (Å²) in [4.78, 5) is 2.93. The molecular formula is C15H25NOS. The molecule has 1 aliphatic rings. The van der Waals surface area contributed by atoms with Crippen molar-refractivity contribution in [3.63, 3.8) is 0 Å². The lowest BCUT2D eigenvalue weighted by Crippen LogP contribution is -2.35.